The highest BCUT2D eigenvalue weighted by atomic mass is 32.1. The van der Waals surface area contributed by atoms with Gasteiger partial charge in [-0.15, -0.1) is 34.0 Å². The number of rotatable bonds is 3. The topological polar surface area (TPSA) is 0 Å². The SMILES string of the molecule is CC1(C)c2ccc(-c3cccc4c3sc3ccccc34)cc2-c2c1c1c(c3c2C(C)(C)c2ccc(-c4cccc5c4sc4ccc6ccccc6c45)cc2-3)C(C)(C)c2ccc(-c3cccc4c3sc3ccccc34)cc2-1. The van der Waals surface area contributed by atoms with Crippen LogP contribution in [0.5, 0.6) is 0 Å². The Balaban J connectivity index is 0.957. The fourth-order valence-electron chi connectivity index (χ4n) is 15.0. The molecule has 76 heavy (non-hydrogen) atoms. The van der Waals surface area contributed by atoms with Gasteiger partial charge in [-0.25, -0.2) is 0 Å². The molecule has 3 aliphatic rings. The Morgan fingerprint density at radius 1 is 0.276 bits per heavy atom. The third-order valence-electron chi connectivity index (χ3n) is 18.4. The Labute approximate surface area is 454 Å². The molecule has 0 spiro atoms. The van der Waals surface area contributed by atoms with Gasteiger partial charge in [0.2, 0.25) is 0 Å². The average molecular weight is 1020 g/mol. The van der Waals surface area contributed by atoms with Gasteiger partial charge in [0.25, 0.3) is 0 Å². The molecule has 0 bridgehead atoms. The molecule has 0 fully saturated rings. The average Bonchev–Trinajstić information content (AvgIpc) is 4.28. The zero-order valence-corrected chi connectivity index (χ0v) is 45.6. The summed E-state index contributed by atoms with van der Waals surface area (Å²) in [6.45, 7) is 15.1. The number of hydrogen-bond donors (Lipinski definition) is 0. The Bertz CT molecular complexity index is 4820. The van der Waals surface area contributed by atoms with Crippen molar-refractivity contribution in [2.75, 3.05) is 0 Å². The maximum atomic E-state index is 2.60. The van der Waals surface area contributed by atoms with Crippen molar-refractivity contribution in [3.8, 4) is 66.8 Å². The Morgan fingerprint density at radius 2 is 0.645 bits per heavy atom. The highest BCUT2D eigenvalue weighted by Gasteiger charge is 2.52. The van der Waals surface area contributed by atoms with Crippen LogP contribution in [0.1, 0.15) is 74.9 Å². The first-order valence-electron chi connectivity index (χ1n) is 26.8. The molecule has 0 unspecified atom stereocenters. The van der Waals surface area contributed by atoms with E-state index in [0.717, 1.165) is 0 Å². The van der Waals surface area contributed by atoms with E-state index in [-0.39, 0.29) is 16.2 Å². The molecule has 0 atom stereocenters. The molecule has 14 aromatic rings. The molecule has 360 valence electrons. The van der Waals surface area contributed by atoms with Gasteiger partial charge in [-0.05, 0) is 147 Å². The Kier molecular flexibility index (Phi) is 8.50. The number of fused-ring (bicyclic) bond motifs is 23. The molecular formula is C73H50S3. The Morgan fingerprint density at radius 3 is 1.11 bits per heavy atom. The quantitative estimate of drug-likeness (QED) is 0.165. The number of hydrogen-bond acceptors (Lipinski definition) is 3. The fraction of sp³-hybridized carbons (Fsp3) is 0.123. The van der Waals surface area contributed by atoms with E-state index in [0.29, 0.717) is 0 Å². The summed E-state index contributed by atoms with van der Waals surface area (Å²) in [7, 11) is 0. The van der Waals surface area contributed by atoms with Gasteiger partial charge >= 0.3 is 0 Å². The van der Waals surface area contributed by atoms with Crippen molar-refractivity contribution in [1.29, 1.82) is 0 Å². The molecule has 11 aromatic carbocycles. The van der Waals surface area contributed by atoms with E-state index in [1.165, 1.54) is 171 Å². The summed E-state index contributed by atoms with van der Waals surface area (Å²) in [4.78, 5) is 0. The molecule has 0 saturated carbocycles. The lowest BCUT2D eigenvalue weighted by Gasteiger charge is -2.31. The van der Waals surface area contributed by atoms with E-state index >= 15 is 0 Å². The molecule has 0 radical (unpaired) electrons. The minimum atomic E-state index is -0.281. The molecule has 0 aliphatic heterocycles. The summed E-state index contributed by atoms with van der Waals surface area (Å²) in [5.41, 5.74) is 24.1. The van der Waals surface area contributed by atoms with Crippen LogP contribution in [0.4, 0.5) is 0 Å². The maximum Gasteiger partial charge on any atom is 0.0434 e. The molecule has 0 amide bonds. The van der Waals surface area contributed by atoms with Gasteiger partial charge < -0.3 is 0 Å². The van der Waals surface area contributed by atoms with Crippen LogP contribution < -0.4 is 0 Å². The second-order valence-electron chi connectivity index (χ2n) is 23.4. The van der Waals surface area contributed by atoms with E-state index in [2.05, 4.69) is 236 Å². The normalized spacial score (nSPS) is 15.3. The highest BCUT2D eigenvalue weighted by molar-refractivity contribution is 7.27. The summed E-state index contributed by atoms with van der Waals surface area (Å²) in [5.74, 6) is 0. The predicted molar refractivity (Wildman–Crippen MR) is 332 cm³/mol. The number of benzene rings is 11. The van der Waals surface area contributed by atoms with Crippen molar-refractivity contribution in [2.45, 2.75) is 57.8 Å². The fourth-order valence-corrected chi connectivity index (χ4v) is 18.7. The minimum absolute atomic E-state index is 0.276. The van der Waals surface area contributed by atoms with Crippen LogP contribution in [0.2, 0.25) is 0 Å². The minimum Gasteiger partial charge on any atom is -0.135 e. The lowest BCUT2D eigenvalue weighted by molar-refractivity contribution is 0.636. The van der Waals surface area contributed by atoms with Crippen molar-refractivity contribution in [1.82, 2.24) is 0 Å². The van der Waals surface area contributed by atoms with E-state index < -0.39 is 0 Å². The summed E-state index contributed by atoms with van der Waals surface area (Å²) in [6.07, 6.45) is 0. The first-order chi connectivity index (χ1) is 37.0. The van der Waals surface area contributed by atoms with Crippen molar-refractivity contribution >= 4 is 105 Å². The Hall–Kier alpha value is -7.66. The monoisotopic (exact) mass is 1020 g/mol. The second kappa shape index (κ2) is 14.8. The van der Waals surface area contributed by atoms with Crippen molar-refractivity contribution in [3.05, 3.63) is 228 Å². The smallest absolute Gasteiger partial charge is 0.0434 e. The van der Waals surface area contributed by atoms with Crippen molar-refractivity contribution in [2.24, 2.45) is 0 Å². The van der Waals surface area contributed by atoms with E-state index in [9.17, 15) is 0 Å². The maximum absolute atomic E-state index is 2.60. The molecular weight excluding hydrogens is 973 g/mol. The van der Waals surface area contributed by atoms with Gasteiger partial charge in [0, 0.05) is 76.8 Å². The molecule has 0 saturated heterocycles. The molecule has 3 aliphatic carbocycles. The van der Waals surface area contributed by atoms with Gasteiger partial charge in [-0.3, -0.25) is 0 Å². The van der Waals surface area contributed by atoms with Gasteiger partial charge in [-0.2, -0.15) is 0 Å². The first kappa shape index (κ1) is 43.6. The molecule has 3 heterocycles. The van der Waals surface area contributed by atoms with E-state index in [1.54, 1.807) is 0 Å². The summed E-state index contributed by atoms with van der Waals surface area (Å²) in [5, 5.41) is 10.7. The van der Waals surface area contributed by atoms with Crippen molar-refractivity contribution in [3.63, 3.8) is 0 Å². The highest BCUT2D eigenvalue weighted by Crippen LogP contribution is 2.68. The van der Waals surface area contributed by atoms with Crippen LogP contribution in [0.25, 0.3) is 138 Å². The van der Waals surface area contributed by atoms with Gasteiger partial charge in [0.1, 0.15) is 0 Å². The third-order valence-corrected chi connectivity index (χ3v) is 22.0. The molecule has 3 heteroatoms. The van der Waals surface area contributed by atoms with Crippen LogP contribution in [0.15, 0.2) is 194 Å². The van der Waals surface area contributed by atoms with Crippen LogP contribution in [-0.2, 0) is 16.2 Å². The van der Waals surface area contributed by atoms with E-state index in [1.807, 2.05) is 34.0 Å². The number of thiophene rings is 3. The molecule has 17 rings (SSSR count). The summed E-state index contributed by atoms with van der Waals surface area (Å²) in [6, 6.07) is 74.7. The van der Waals surface area contributed by atoms with Gasteiger partial charge in [0.15, 0.2) is 0 Å². The lowest BCUT2D eigenvalue weighted by atomic mass is 9.71. The molecule has 0 N–H and O–H groups in total. The zero-order valence-electron chi connectivity index (χ0n) is 43.2. The summed E-state index contributed by atoms with van der Waals surface area (Å²) < 4.78 is 8.10. The van der Waals surface area contributed by atoms with Gasteiger partial charge in [0.05, 0.1) is 0 Å². The first-order valence-corrected chi connectivity index (χ1v) is 29.3. The third kappa shape index (κ3) is 5.48. The standard InChI is InChI=1S/C73H50S3/c1-71(2)55-32-28-40(44-20-13-23-49-47-18-9-11-26-58(47)74-68(44)49)36-52(55)63-65(71)62-53-37-41(45-21-14-24-50-48-19-10-12-27-59(48)75-69(45)50)29-33-56(53)72(3,4)66(62)64-54-38-42(30-34-57(54)73(5,6)67(63)64)46-22-15-25-51-61-43-17-8-7-16-39(43)31-35-60(61)76-70(46)51/h7-38H,1-6H3. The van der Waals surface area contributed by atoms with Crippen LogP contribution in [0.3, 0.4) is 0 Å². The van der Waals surface area contributed by atoms with Crippen LogP contribution in [-0.4, -0.2) is 0 Å². The summed E-state index contributed by atoms with van der Waals surface area (Å²) >= 11 is 5.79. The molecule has 3 aromatic heterocycles. The second-order valence-corrected chi connectivity index (χ2v) is 26.6. The molecule has 0 nitrogen and oxygen atoms in total. The van der Waals surface area contributed by atoms with Gasteiger partial charge in [-0.1, -0.05) is 199 Å². The van der Waals surface area contributed by atoms with E-state index in [4.69, 9.17) is 0 Å². The van der Waals surface area contributed by atoms with Crippen LogP contribution >= 0.6 is 34.0 Å². The van der Waals surface area contributed by atoms with Crippen molar-refractivity contribution < 1.29 is 0 Å². The zero-order chi connectivity index (χ0) is 50.7. The lowest BCUT2D eigenvalue weighted by Crippen LogP contribution is -2.22. The predicted octanol–water partition coefficient (Wildman–Crippen LogP) is 21.9. The largest absolute Gasteiger partial charge is 0.135 e. The van der Waals surface area contributed by atoms with Crippen LogP contribution in [0, 0.1) is 0 Å².